The zero-order chi connectivity index (χ0) is 17.4. The van der Waals surface area contributed by atoms with Crippen molar-refractivity contribution in [3.63, 3.8) is 0 Å². The Morgan fingerprint density at radius 1 is 1.04 bits per heavy atom. The summed E-state index contributed by atoms with van der Waals surface area (Å²) < 4.78 is 4.20. The number of nitrogens with zero attached hydrogens (tertiary/aromatic N) is 5. The van der Waals surface area contributed by atoms with E-state index in [0.717, 1.165) is 30.8 Å². The predicted molar refractivity (Wildman–Crippen MR) is 100 cm³/mol. The van der Waals surface area contributed by atoms with Crippen LogP contribution in [0.5, 0.6) is 0 Å². The molecule has 1 aliphatic heterocycles. The molecule has 0 saturated heterocycles. The highest BCUT2D eigenvalue weighted by Crippen LogP contribution is 2.19. The minimum Gasteiger partial charge on any atom is -0.280 e. The molecule has 6 heteroatoms. The summed E-state index contributed by atoms with van der Waals surface area (Å²) in [6.45, 7) is 6.74. The van der Waals surface area contributed by atoms with Crippen molar-refractivity contribution in [2.45, 2.75) is 33.5 Å². The summed E-state index contributed by atoms with van der Waals surface area (Å²) in [7, 11) is 0. The highest BCUT2D eigenvalue weighted by Gasteiger charge is 2.17. The lowest BCUT2D eigenvalue weighted by atomic mass is 10.0. The molecule has 0 atom stereocenters. The molecule has 0 N–H and O–H groups in total. The van der Waals surface area contributed by atoms with Gasteiger partial charge >= 0.3 is 0 Å². The van der Waals surface area contributed by atoms with Crippen molar-refractivity contribution >= 4 is 12.2 Å². The van der Waals surface area contributed by atoms with E-state index in [0.29, 0.717) is 11.4 Å². The van der Waals surface area contributed by atoms with Gasteiger partial charge in [0.25, 0.3) is 0 Å². The summed E-state index contributed by atoms with van der Waals surface area (Å²) in [5.41, 5.74) is 6.16. The zero-order valence-corrected chi connectivity index (χ0v) is 15.3. The van der Waals surface area contributed by atoms with Gasteiger partial charge in [0.15, 0.2) is 0 Å². The van der Waals surface area contributed by atoms with Crippen molar-refractivity contribution < 1.29 is 0 Å². The van der Waals surface area contributed by atoms with Crippen molar-refractivity contribution in [2.24, 2.45) is 0 Å². The number of fused-ring (bicyclic) bond motifs is 1. The summed E-state index contributed by atoms with van der Waals surface area (Å²) >= 11 is 5.63. The molecule has 4 rings (SSSR count). The van der Waals surface area contributed by atoms with Gasteiger partial charge in [-0.25, -0.2) is 4.68 Å². The van der Waals surface area contributed by atoms with E-state index in [1.54, 1.807) is 4.68 Å². The van der Waals surface area contributed by atoms with Crippen LogP contribution >= 0.6 is 12.2 Å². The van der Waals surface area contributed by atoms with E-state index < -0.39 is 0 Å². The first-order chi connectivity index (χ1) is 12.1. The predicted octanol–water partition coefficient (Wildman–Crippen LogP) is 3.43. The summed E-state index contributed by atoms with van der Waals surface area (Å²) in [4.78, 5) is 2.36. The normalized spacial score (nSPS) is 14.5. The van der Waals surface area contributed by atoms with Crippen molar-refractivity contribution in [3.8, 4) is 5.69 Å². The van der Waals surface area contributed by atoms with Gasteiger partial charge in [-0.05, 0) is 71.2 Å². The second-order valence-corrected chi connectivity index (χ2v) is 7.04. The van der Waals surface area contributed by atoms with E-state index >= 15 is 0 Å². The maximum atomic E-state index is 5.63. The molecule has 2 heterocycles. The topological polar surface area (TPSA) is 38.9 Å². The van der Waals surface area contributed by atoms with E-state index in [1.807, 2.05) is 4.68 Å². The Hall–Kier alpha value is -2.31. The number of aromatic nitrogens is 4. The third-order valence-electron chi connectivity index (χ3n) is 4.78. The van der Waals surface area contributed by atoms with Crippen molar-refractivity contribution in [2.75, 3.05) is 6.54 Å². The van der Waals surface area contributed by atoms with Gasteiger partial charge in [0.1, 0.15) is 0 Å². The van der Waals surface area contributed by atoms with Gasteiger partial charge in [0.2, 0.25) is 4.77 Å². The molecule has 0 spiro atoms. The molecule has 1 aliphatic rings. The first kappa shape index (κ1) is 16.2. The van der Waals surface area contributed by atoms with E-state index in [2.05, 4.69) is 71.6 Å². The van der Waals surface area contributed by atoms with Gasteiger partial charge in [0, 0.05) is 13.1 Å². The van der Waals surface area contributed by atoms with E-state index in [-0.39, 0.29) is 0 Å². The van der Waals surface area contributed by atoms with Gasteiger partial charge in [-0.1, -0.05) is 36.4 Å². The van der Waals surface area contributed by atoms with Crippen molar-refractivity contribution in [1.82, 2.24) is 24.7 Å². The van der Waals surface area contributed by atoms with Gasteiger partial charge in [-0.2, -0.15) is 4.68 Å². The fourth-order valence-corrected chi connectivity index (χ4v) is 3.56. The van der Waals surface area contributed by atoms with Gasteiger partial charge in [-0.15, -0.1) is 0 Å². The molecule has 1 aromatic heterocycles. The SMILES string of the molecule is Cc1ccc(C)c(-n2nnn(CN3CCc4ccccc4C3)c2=S)c1. The maximum Gasteiger partial charge on any atom is 0.221 e. The van der Waals surface area contributed by atoms with Crippen molar-refractivity contribution in [3.05, 3.63) is 69.5 Å². The number of hydrogen-bond acceptors (Lipinski definition) is 4. The Bertz CT molecular complexity index is 972. The standard InChI is InChI=1S/C19H21N5S/c1-14-7-8-15(2)18(11-14)24-19(25)23(20-21-24)13-22-10-9-16-5-3-4-6-17(16)12-22/h3-8,11H,9-10,12-13H2,1-2H3. The molecule has 0 aliphatic carbocycles. The Morgan fingerprint density at radius 2 is 1.84 bits per heavy atom. The largest absolute Gasteiger partial charge is 0.280 e. The minimum atomic E-state index is 0.632. The van der Waals surface area contributed by atoms with Crippen LogP contribution in [0.2, 0.25) is 0 Å². The molecule has 5 nitrogen and oxygen atoms in total. The average Bonchev–Trinajstić information content (AvgIpc) is 2.97. The van der Waals surface area contributed by atoms with Crippen molar-refractivity contribution in [1.29, 1.82) is 0 Å². The smallest absolute Gasteiger partial charge is 0.221 e. The first-order valence-electron chi connectivity index (χ1n) is 8.51. The highest BCUT2D eigenvalue weighted by molar-refractivity contribution is 7.71. The van der Waals surface area contributed by atoms with Crippen LogP contribution < -0.4 is 0 Å². The fraction of sp³-hybridized carbons (Fsp3) is 0.316. The third kappa shape index (κ3) is 3.15. The number of aryl methyl sites for hydroxylation is 2. The van der Waals surface area contributed by atoms with Crippen LogP contribution in [0, 0.1) is 18.6 Å². The molecule has 25 heavy (non-hydrogen) atoms. The third-order valence-corrected chi connectivity index (χ3v) is 5.16. The molecule has 0 unspecified atom stereocenters. The zero-order valence-electron chi connectivity index (χ0n) is 14.5. The molecule has 128 valence electrons. The molecular weight excluding hydrogens is 330 g/mol. The number of benzene rings is 2. The summed E-state index contributed by atoms with van der Waals surface area (Å²) in [6.07, 6.45) is 1.06. The molecule has 0 radical (unpaired) electrons. The van der Waals surface area contributed by atoms with E-state index in [9.17, 15) is 0 Å². The summed E-state index contributed by atoms with van der Waals surface area (Å²) in [5, 5.41) is 8.59. The highest BCUT2D eigenvalue weighted by atomic mass is 32.1. The Labute approximate surface area is 152 Å². The summed E-state index contributed by atoms with van der Waals surface area (Å²) in [5.74, 6) is 0. The Kier molecular flexibility index (Phi) is 4.23. The second kappa shape index (κ2) is 6.54. The molecule has 0 saturated carbocycles. The van der Waals surface area contributed by atoms with Crippen LogP contribution in [0.4, 0.5) is 0 Å². The minimum absolute atomic E-state index is 0.632. The summed E-state index contributed by atoms with van der Waals surface area (Å²) in [6, 6.07) is 14.9. The number of tetrazole rings is 1. The number of hydrogen-bond donors (Lipinski definition) is 0. The number of rotatable bonds is 3. The monoisotopic (exact) mass is 351 g/mol. The molecule has 0 amide bonds. The van der Waals surface area contributed by atoms with Crippen LogP contribution in [0.1, 0.15) is 22.3 Å². The molecule has 0 fully saturated rings. The molecule has 0 bridgehead atoms. The quantitative estimate of drug-likeness (QED) is 0.678. The molecule has 2 aromatic carbocycles. The van der Waals surface area contributed by atoms with Crippen LogP contribution in [0.3, 0.4) is 0 Å². The maximum absolute atomic E-state index is 5.63. The van der Waals surface area contributed by atoms with E-state index in [1.165, 1.54) is 16.7 Å². The van der Waals surface area contributed by atoms with Gasteiger partial charge in [-0.3, -0.25) is 4.90 Å². The van der Waals surface area contributed by atoms with E-state index in [4.69, 9.17) is 12.2 Å². The van der Waals surface area contributed by atoms with Crippen LogP contribution in [-0.4, -0.2) is 31.2 Å². The van der Waals surface area contributed by atoms with Crippen LogP contribution in [-0.2, 0) is 19.6 Å². The Morgan fingerprint density at radius 3 is 2.68 bits per heavy atom. The van der Waals surface area contributed by atoms with Gasteiger partial charge < -0.3 is 0 Å². The van der Waals surface area contributed by atoms with Crippen LogP contribution in [0.25, 0.3) is 5.69 Å². The van der Waals surface area contributed by atoms with Gasteiger partial charge in [0.05, 0.1) is 12.4 Å². The van der Waals surface area contributed by atoms with Crippen LogP contribution in [0.15, 0.2) is 42.5 Å². The lowest BCUT2D eigenvalue weighted by molar-refractivity contribution is 0.186. The Balaban J connectivity index is 1.58. The first-order valence-corrected chi connectivity index (χ1v) is 8.92. The fourth-order valence-electron chi connectivity index (χ4n) is 3.33. The lowest BCUT2D eigenvalue weighted by Crippen LogP contribution is -2.32. The molecular formula is C19H21N5S. The second-order valence-electron chi connectivity index (χ2n) is 6.68. The molecule has 3 aromatic rings. The lowest BCUT2D eigenvalue weighted by Gasteiger charge is -2.28. The average molecular weight is 351 g/mol.